The highest BCUT2D eigenvalue weighted by Crippen LogP contribution is 2.26. The van der Waals surface area contributed by atoms with Crippen molar-refractivity contribution < 1.29 is 14.4 Å². The normalized spacial score (nSPS) is 19.1. The van der Waals surface area contributed by atoms with Crippen molar-refractivity contribution in [3.63, 3.8) is 0 Å². The molecule has 0 radical (unpaired) electrons. The SMILES string of the molecule is CCCCN1C(=O)c2ccc(C(=O)N3CCCC(CNC)C3)cc2C1=O.Cl. The summed E-state index contributed by atoms with van der Waals surface area (Å²) in [5, 5.41) is 3.18. The molecule has 0 aromatic heterocycles. The standard InChI is InChI=1S/C20H27N3O3.ClH/c1-3-4-10-23-19(25)16-8-7-15(11-17(16)20(23)26)18(24)22-9-5-6-14(13-22)12-21-2;/h7-8,11,14,21H,3-6,9-10,12-13H2,1-2H3;1H. The monoisotopic (exact) mass is 393 g/mol. The molecule has 7 heteroatoms. The number of fused-ring (bicyclic) bond motifs is 1. The van der Waals surface area contributed by atoms with Gasteiger partial charge >= 0.3 is 0 Å². The summed E-state index contributed by atoms with van der Waals surface area (Å²) in [5.41, 5.74) is 1.27. The largest absolute Gasteiger partial charge is 0.338 e. The van der Waals surface area contributed by atoms with Gasteiger partial charge in [0, 0.05) is 25.2 Å². The van der Waals surface area contributed by atoms with Crippen molar-refractivity contribution in [2.45, 2.75) is 32.6 Å². The number of amides is 3. The predicted molar refractivity (Wildman–Crippen MR) is 107 cm³/mol. The number of imide groups is 1. The molecule has 2 aliphatic rings. The maximum absolute atomic E-state index is 12.9. The summed E-state index contributed by atoms with van der Waals surface area (Å²) in [6.45, 7) is 4.82. The summed E-state index contributed by atoms with van der Waals surface area (Å²) in [7, 11) is 1.92. The lowest BCUT2D eigenvalue weighted by atomic mass is 9.97. The van der Waals surface area contributed by atoms with Crippen LogP contribution in [0.5, 0.6) is 0 Å². The average molecular weight is 394 g/mol. The number of carbonyl (C=O) groups is 3. The molecule has 2 aliphatic heterocycles. The fourth-order valence-electron chi connectivity index (χ4n) is 3.83. The number of likely N-dealkylation sites (tertiary alicyclic amines) is 1. The molecule has 0 spiro atoms. The molecule has 1 N–H and O–H groups in total. The Balaban J connectivity index is 0.00000261. The van der Waals surface area contributed by atoms with Gasteiger partial charge in [0.25, 0.3) is 17.7 Å². The number of nitrogens with one attached hydrogen (secondary N) is 1. The second-order valence-corrected chi connectivity index (χ2v) is 7.19. The van der Waals surface area contributed by atoms with E-state index in [4.69, 9.17) is 0 Å². The van der Waals surface area contributed by atoms with Gasteiger partial charge in [0.1, 0.15) is 0 Å². The van der Waals surface area contributed by atoms with Crippen molar-refractivity contribution in [1.82, 2.24) is 15.1 Å². The fourth-order valence-corrected chi connectivity index (χ4v) is 3.83. The Bertz CT molecular complexity index is 720. The Kier molecular flexibility index (Phi) is 7.39. The first-order valence-corrected chi connectivity index (χ1v) is 9.51. The fraction of sp³-hybridized carbons (Fsp3) is 0.550. The molecule has 1 atom stereocenters. The van der Waals surface area contributed by atoms with Crippen LogP contribution in [-0.2, 0) is 0 Å². The van der Waals surface area contributed by atoms with Crippen molar-refractivity contribution in [1.29, 1.82) is 0 Å². The van der Waals surface area contributed by atoms with E-state index < -0.39 is 0 Å². The van der Waals surface area contributed by atoms with Gasteiger partial charge in [-0.05, 0) is 57.0 Å². The molecule has 148 valence electrons. The minimum atomic E-state index is -0.278. The van der Waals surface area contributed by atoms with Crippen LogP contribution in [0.2, 0.25) is 0 Å². The Morgan fingerprint density at radius 1 is 1.22 bits per heavy atom. The summed E-state index contributed by atoms with van der Waals surface area (Å²) in [6, 6.07) is 4.91. The Hall–Kier alpha value is -1.92. The van der Waals surface area contributed by atoms with E-state index >= 15 is 0 Å². The van der Waals surface area contributed by atoms with Crippen LogP contribution < -0.4 is 5.32 Å². The predicted octanol–water partition coefficient (Wildman–Crippen LogP) is 2.58. The molecule has 1 saturated heterocycles. The number of piperidine rings is 1. The lowest BCUT2D eigenvalue weighted by molar-refractivity contribution is 0.0650. The smallest absolute Gasteiger partial charge is 0.261 e. The molecule has 3 rings (SSSR count). The van der Waals surface area contributed by atoms with Gasteiger partial charge in [-0.3, -0.25) is 19.3 Å². The third-order valence-corrected chi connectivity index (χ3v) is 5.25. The highest BCUT2D eigenvalue weighted by Gasteiger charge is 2.36. The van der Waals surface area contributed by atoms with E-state index in [1.807, 2.05) is 18.9 Å². The third-order valence-electron chi connectivity index (χ3n) is 5.25. The summed E-state index contributed by atoms with van der Waals surface area (Å²) in [4.78, 5) is 41.0. The Morgan fingerprint density at radius 2 is 1.96 bits per heavy atom. The van der Waals surface area contributed by atoms with Crippen molar-refractivity contribution in [2.24, 2.45) is 5.92 Å². The zero-order chi connectivity index (χ0) is 18.7. The zero-order valence-electron chi connectivity index (χ0n) is 16.0. The van der Waals surface area contributed by atoms with Gasteiger partial charge in [0.2, 0.25) is 0 Å². The number of rotatable bonds is 6. The topological polar surface area (TPSA) is 69.7 Å². The van der Waals surface area contributed by atoms with Crippen molar-refractivity contribution >= 4 is 30.1 Å². The van der Waals surface area contributed by atoms with Crippen LogP contribution in [0.1, 0.15) is 63.7 Å². The van der Waals surface area contributed by atoms with E-state index in [2.05, 4.69) is 5.32 Å². The van der Waals surface area contributed by atoms with Crippen LogP contribution in [-0.4, -0.2) is 60.7 Å². The molecule has 0 saturated carbocycles. The molecular formula is C20H28ClN3O3. The van der Waals surface area contributed by atoms with Gasteiger partial charge in [0.15, 0.2) is 0 Å². The molecule has 6 nitrogen and oxygen atoms in total. The van der Waals surface area contributed by atoms with Gasteiger partial charge in [-0.15, -0.1) is 12.4 Å². The average Bonchev–Trinajstić information content (AvgIpc) is 2.90. The van der Waals surface area contributed by atoms with Gasteiger partial charge in [0.05, 0.1) is 11.1 Å². The quantitative estimate of drug-likeness (QED) is 0.754. The van der Waals surface area contributed by atoms with Crippen LogP contribution in [0.15, 0.2) is 18.2 Å². The van der Waals surface area contributed by atoms with E-state index in [0.29, 0.717) is 29.2 Å². The Morgan fingerprint density at radius 3 is 2.67 bits per heavy atom. The van der Waals surface area contributed by atoms with E-state index in [0.717, 1.165) is 45.3 Å². The molecule has 1 aromatic carbocycles. The summed E-state index contributed by atoms with van der Waals surface area (Å²) in [6.07, 6.45) is 3.82. The minimum Gasteiger partial charge on any atom is -0.338 e. The van der Waals surface area contributed by atoms with Crippen molar-refractivity contribution in [3.8, 4) is 0 Å². The molecule has 1 fully saturated rings. The highest BCUT2D eigenvalue weighted by atomic mass is 35.5. The molecule has 27 heavy (non-hydrogen) atoms. The van der Waals surface area contributed by atoms with Crippen molar-refractivity contribution in [2.75, 3.05) is 33.2 Å². The van der Waals surface area contributed by atoms with E-state index in [-0.39, 0.29) is 30.1 Å². The van der Waals surface area contributed by atoms with Crippen molar-refractivity contribution in [3.05, 3.63) is 34.9 Å². The third kappa shape index (κ3) is 4.33. The van der Waals surface area contributed by atoms with Gasteiger partial charge < -0.3 is 10.2 Å². The first kappa shape index (κ1) is 21.4. The maximum atomic E-state index is 12.9. The number of benzene rings is 1. The Labute approximate surface area is 166 Å². The van der Waals surface area contributed by atoms with Gasteiger partial charge in [-0.2, -0.15) is 0 Å². The van der Waals surface area contributed by atoms with Crippen LogP contribution in [0.3, 0.4) is 0 Å². The number of carbonyl (C=O) groups excluding carboxylic acids is 3. The second-order valence-electron chi connectivity index (χ2n) is 7.19. The van der Waals surface area contributed by atoms with E-state index in [1.165, 1.54) is 4.90 Å². The van der Waals surface area contributed by atoms with Gasteiger partial charge in [-0.25, -0.2) is 0 Å². The lowest BCUT2D eigenvalue weighted by Crippen LogP contribution is -2.42. The number of halogens is 1. The second kappa shape index (κ2) is 9.33. The zero-order valence-corrected chi connectivity index (χ0v) is 16.8. The number of unbranched alkanes of at least 4 members (excludes halogenated alkanes) is 1. The summed E-state index contributed by atoms with van der Waals surface area (Å²) >= 11 is 0. The molecule has 1 aromatic rings. The lowest BCUT2D eigenvalue weighted by Gasteiger charge is -2.32. The van der Waals surface area contributed by atoms with Crippen LogP contribution >= 0.6 is 12.4 Å². The van der Waals surface area contributed by atoms with Crippen LogP contribution in [0, 0.1) is 5.92 Å². The first-order chi connectivity index (χ1) is 12.6. The van der Waals surface area contributed by atoms with Crippen LogP contribution in [0.25, 0.3) is 0 Å². The molecular weight excluding hydrogens is 366 g/mol. The summed E-state index contributed by atoms with van der Waals surface area (Å²) < 4.78 is 0. The first-order valence-electron chi connectivity index (χ1n) is 9.51. The van der Waals surface area contributed by atoms with E-state index in [9.17, 15) is 14.4 Å². The van der Waals surface area contributed by atoms with Crippen LogP contribution in [0.4, 0.5) is 0 Å². The minimum absolute atomic E-state index is 0. The molecule has 2 heterocycles. The number of nitrogens with zero attached hydrogens (tertiary/aromatic N) is 2. The maximum Gasteiger partial charge on any atom is 0.261 e. The summed E-state index contributed by atoms with van der Waals surface area (Å²) in [5.74, 6) is -0.120. The highest BCUT2D eigenvalue weighted by molar-refractivity contribution is 6.22. The molecule has 0 bridgehead atoms. The van der Waals surface area contributed by atoms with Gasteiger partial charge in [-0.1, -0.05) is 13.3 Å². The number of hydrogen-bond donors (Lipinski definition) is 1. The molecule has 3 amide bonds. The molecule has 0 aliphatic carbocycles. The van der Waals surface area contributed by atoms with E-state index in [1.54, 1.807) is 18.2 Å². The number of hydrogen-bond acceptors (Lipinski definition) is 4. The molecule has 1 unspecified atom stereocenters.